The normalized spacial score (nSPS) is 11.8. The summed E-state index contributed by atoms with van der Waals surface area (Å²) in [6.45, 7) is -0.169. The second-order valence-electron chi connectivity index (χ2n) is 6.51. The van der Waals surface area contributed by atoms with E-state index in [1.807, 2.05) is 54.7 Å². The van der Waals surface area contributed by atoms with Gasteiger partial charge in [-0.3, -0.25) is 4.79 Å². The topological polar surface area (TPSA) is 89.7 Å². The third-order valence-corrected chi connectivity index (χ3v) is 4.64. The summed E-state index contributed by atoms with van der Waals surface area (Å²) in [6.07, 6.45) is 1.96. The molecule has 7 nitrogen and oxygen atoms in total. The zero-order valence-corrected chi connectivity index (χ0v) is 16.4. The highest BCUT2D eigenvalue weighted by Gasteiger charge is 2.19. The lowest BCUT2D eigenvalue weighted by Gasteiger charge is -2.18. The SMILES string of the molecule is COCC(=O)OCC(=O)NC[C@@H](c1ccc(OC)cc1)c1c[nH]c2ccccc12. The average molecular weight is 396 g/mol. The van der Waals surface area contributed by atoms with Crippen LogP contribution in [0.1, 0.15) is 17.0 Å². The molecule has 2 N–H and O–H groups in total. The smallest absolute Gasteiger partial charge is 0.332 e. The molecule has 1 aromatic heterocycles. The van der Waals surface area contributed by atoms with Crippen LogP contribution in [0.5, 0.6) is 5.75 Å². The minimum atomic E-state index is -0.578. The number of benzene rings is 2. The van der Waals surface area contributed by atoms with E-state index in [0.29, 0.717) is 6.54 Å². The number of esters is 1. The number of hydrogen-bond acceptors (Lipinski definition) is 5. The van der Waals surface area contributed by atoms with Crippen molar-refractivity contribution in [2.45, 2.75) is 5.92 Å². The second kappa shape index (κ2) is 9.75. The number of aromatic nitrogens is 1. The minimum Gasteiger partial charge on any atom is -0.497 e. The van der Waals surface area contributed by atoms with E-state index in [9.17, 15) is 9.59 Å². The van der Waals surface area contributed by atoms with E-state index in [1.165, 1.54) is 7.11 Å². The highest BCUT2D eigenvalue weighted by atomic mass is 16.6. The molecule has 1 amide bonds. The molecule has 3 aromatic rings. The lowest BCUT2D eigenvalue weighted by molar-refractivity contribution is -0.152. The fourth-order valence-electron chi connectivity index (χ4n) is 3.20. The number of ether oxygens (including phenoxy) is 3. The quantitative estimate of drug-likeness (QED) is 0.543. The van der Waals surface area contributed by atoms with Gasteiger partial charge in [-0.1, -0.05) is 30.3 Å². The first-order chi connectivity index (χ1) is 14.1. The number of carbonyl (C=O) groups excluding carboxylic acids is 2. The van der Waals surface area contributed by atoms with Gasteiger partial charge in [0, 0.05) is 36.7 Å². The van der Waals surface area contributed by atoms with Crippen LogP contribution in [0, 0.1) is 0 Å². The second-order valence-corrected chi connectivity index (χ2v) is 6.51. The Hall–Kier alpha value is -3.32. The zero-order valence-electron chi connectivity index (χ0n) is 16.4. The van der Waals surface area contributed by atoms with Gasteiger partial charge in [0.25, 0.3) is 5.91 Å². The minimum absolute atomic E-state index is 0.0873. The van der Waals surface area contributed by atoms with Gasteiger partial charge in [0.1, 0.15) is 12.4 Å². The molecular weight excluding hydrogens is 372 g/mol. The first-order valence-electron chi connectivity index (χ1n) is 9.23. The summed E-state index contributed by atoms with van der Waals surface area (Å²) in [5, 5.41) is 3.95. The van der Waals surface area contributed by atoms with E-state index >= 15 is 0 Å². The first-order valence-corrected chi connectivity index (χ1v) is 9.23. The molecular formula is C22H24N2O5. The maximum Gasteiger partial charge on any atom is 0.332 e. The van der Waals surface area contributed by atoms with Gasteiger partial charge in [-0.2, -0.15) is 0 Å². The largest absolute Gasteiger partial charge is 0.497 e. The summed E-state index contributed by atoms with van der Waals surface area (Å²) in [5.74, 6) is -0.269. The molecule has 0 spiro atoms. The number of rotatable bonds is 9. The van der Waals surface area contributed by atoms with Crippen LogP contribution in [-0.4, -0.2) is 50.8 Å². The number of fused-ring (bicyclic) bond motifs is 1. The van der Waals surface area contributed by atoms with Crippen molar-refractivity contribution in [3.05, 3.63) is 65.9 Å². The molecule has 0 radical (unpaired) electrons. The third-order valence-electron chi connectivity index (χ3n) is 4.64. The van der Waals surface area contributed by atoms with E-state index < -0.39 is 5.97 Å². The lowest BCUT2D eigenvalue weighted by atomic mass is 9.91. The van der Waals surface area contributed by atoms with Crippen molar-refractivity contribution < 1.29 is 23.8 Å². The van der Waals surface area contributed by atoms with Crippen molar-refractivity contribution in [1.82, 2.24) is 10.3 Å². The van der Waals surface area contributed by atoms with Crippen molar-refractivity contribution in [2.24, 2.45) is 0 Å². The van der Waals surface area contributed by atoms with Crippen LogP contribution in [0.25, 0.3) is 10.9 Å². The number of para-hydroxylation sites is 1. The van der Waals surface area contributed by atoms with Gasteiger partial charge >= 0.3 is 5.97 Å². The maximum absolute atomic E-state index is 12.2. The van der Waals surface area contributed by atoms with Gasteiger partial charge < -0.3 is 24.5 Å². The number of methoxy groups -OCH3 is 2. The Labute approximate surface area is 169 Å². The van der Waals surface area contributed by atoms with Crippen molar-refractivity contribution in [3.8, 4) is 5.75 Å². The van der Waals surface area contributed by atoms with E-state index in [4.69, 9.17) is 9.47 Å². The molecule has 3 rings (SSSR count). The average Bonchev–Trinajstić information content (AvgIpc) is 3.17. The molecule has 152 valence electrons. The van der Waals surface area contributed by atoms with Crippen LogP contribution in [-0.2, 0) is 19.1 Å². The summed E-state index contributed by atoms with van der Waals surface area (Å²) < 4.78 is 14.8. The van der Waals surface area contributed by atoms with Gasteiger partial charge in [-0.15, -0.1) is 0 Å². The van der Waals surface area contributed by atoms with Gasteiger partial charge in [0.05, 0.1) is 7.11 Å². The number of amides is 1. The van der Waals surface area contributed by atoms with Crippen LogP contribution in [0.4, 0.5) is 0 Å². The van der Waals surface area contributed by atoms with E-state index in [2.05, 4.69) is 15.0 Å². The molecule has 0 aliphatic heterocycles. The molecule has 2 aromatic carbocycles. The predicted octanol–water partition coefficient (Wildman–Crippen LogP) is 2.61. The molecule has 0 saturated heterocycles. The van der Waals surface area contributed by atoms with Crippen molar-refractivity contribution in [1.29, 1.82) is 0 Å². The number of carbonyl (C=O) groups is 2. The summed E-state index contributed by atoms with van der Waals surface area (Å²) >= 11 is 0. The maximum atomic E-state index is 12.2. The Morgan fingerprint density at radius 2 is 1.79 bits per heavy atom. The van der Waals surface area contributed by atoms with Crippen LogP contribution in [0.2, 0.25) is 0 Å². The molecule has 29 heavy (non-hydrogen) atoms. The fourth-order valence-corrected chi connectivity index (χ4v) is 3.20. The predicted molar refractivity (Wildman–Crippen MR) is 109 cm³/mol. The van der Waals surface area contributed by atoms with Gasteiger partial charge in [-0.05, 0) is 29.3 Å². The summed E-state index contributed by atoms with van der Waals surface area (Å²) in [6, 6.07) is 15.8. The summed E-state index contributed by atoms with van der Waals surface area (Å²) in [7, 11) is 3.01. The molecule has 7 heteroatoms. The van der Waals surface area contributed by atoms with Gasteiger partial charge in [0.15, 0.2) is 6.61 Å². The van der Waals surface area contributed by atoms with E-state index in [0.717, 1.165) is 27.8 Å². The molecule has 0 fully saturated rings. The number of nitrogens with one attached hydrogen (secondary N) is 2. The van der Waals surface area contributed by atoms with Crippen molar-refractivity contribution in [2.75, 3.05) is 34.0 Å². The number of H-pyrrole nitrogens is 1. The van der Waals surface area contributed by atoms with Crippen LogP contribution >= 0.6 is 0 Å². The van der Waals surface area contributed by atoms with Crippen molar-refractivity contribution in [3.63, 3.8) is 0 Å². The molecule has 1 heterocycles. The van der Waals surface area contributed by atoms with Crippen molar-refractivity contribution >= 4 is 22.8 Å². The Morgan fingerprint density at radius 1 is 1.03 bits per heavy atom. The highest BCUT2D eigenvalue weighted by Crippen LogP contribution is 2.31. The number of aromatic amines is 1. The highest BCUT2D eigenvalue weighted by molar-refractivity contribution is 5.84. The van der Waals surface area contributed by atoms with Gasteiger partial charge in [0.2, 0.25) is 0 Å². The molecule has 0 unspecified atom stereocenters. The fraction of sp³-hybridized carbons (Fsp3) is 0.273. The third kappa shape index (κ3) is 5.14. The molecule has 0 aliphatic rings. The van der Waals surface area contributed by atoms with Gasteiger partial charge in [-0.25, -0.2) is 4.79 Å². The Kier molecular flexibility index (Phi) is 6.86. The standard InChI is InChI=1S/C22H24N2O5/c1-27-14-22(26)29-13-21(25)24-11-18(15-7-9-16(28-2)10-8-15)19-12-23-20-6-4-3-5-17(19)20/h3-10,12,18,23H,11,13-14H2,1-2H3,(H,24,25)/t18-/m0/s1. The molecule has 1 atom stereocenters. The Balaban J connectivity index is 1.78. The molecule has 0 bridgehead atoms. The zero-order chi connectivity index (χ0) is 20.6. The lowest BCUT2D eigenvalue weighted by Crippen LogP contribution is -2.33. The monoisotopic (exact) mass is 396 g/mol. The van der Waals surface area contributed by atoms with Crippen LogP contribution in [0.3, 0.4) is 0 Å². The first kappa shape index (κ1) is 20.4. The molecule has 0 aliphatic carbocycles. The Bertz CT molecular complexity index is 965. The van der Waals surface area contributed by atoms with Crippen LogP contribution < -0.4 is 10.1 Å². The van der Waals surface area contributed by atoms with E-state index in [-0.39, 0.29) is 25.0 Å². The molecule has 0 saturated carbocycles. The number of hydrogen-bond donors (Lipinski definition) is 2. The summed E-state index contributed by atoms with van der Waals surface area (Å²) in [5.41, 5.74) is 3.13. The summed E-state index contributed by atoms with van der Waals surface area (Å²) in [4.78, 5) is 26.8. The van der Waals surface area contributed by atoms with E-state index in [1.54, 1.807) is 7.11 Å². The van der Waals surface area contributed by atoms with Crippen LogP contribution in [0.15, 0.2) is 54.7 Å². The Morgan fingerprint density at radius 3 is 2.52 bits per heavy atom.